The van der Waals surface area contributed by atoms with Crippen LogP contribution in [0, 0.1) is 13.8 Å². The zero-order valence-electron chi connectivity index (χ0n) is 11.6. The molecule has 1 N–H and O–H groups in total. The van der Waals surface area contributed by atoms with Crippen molar-refractivity contribution in [2.45, 2.75) is 13.8 Å². The molecule has 0 fully saturated rings. The Morgan fingerprint density at radius 3 is 2.37 bits per heavy atom. The number of aryl methyl sites for hydroxylation is 2. The van der Waals surface area contributed by atoms with Crippen molar-refractivity contribution >= 4 is 21.8 Å². The first kappa shape index (κ1) is 11.9. The van der Waals surface area contributed by atoms with Crippen LogP contribution < -0.4 is 9.47 Å². The van der Waals surface area contributed by atoms with Crippen molar-refractivity contribution in [3.63, 3.8) is 0 Å². The van der Waals surface area contributed by atoms with Gasteiger partial charge in [-0.1, -0.05) is 12.1 Å². The largest absolute Gasteiger partial charge is 0.495 e. The number of benzene rings is 2. The number of ether oxygens (including phenoxy) is 2. The number of fused-ring (bicyclic) bond motifs is 3. The second kappa shape index (κ2) is 4.19. The maximum atomic E-state index is 5.49. The maximum absolute atomic E-state index is 5.49. The smallest absolute Gasteiger partial charge is 0.143 e. The maximum Gasteiger partial charge on any atom is 0.143 e. The van der Waals surface area contributed by atoms with Gasteiger partial charge in [-0.2, -0.15) is 0 Å². The first-order chi connectivity index (χ1) is 9.17. The minimum atomic E-state index is 0.854. The third kappa shape index (κ3) is 1.58. The van der Waals surface area contributed by atoms with Crippen LogP contribution in [0.5, 0.6) is 11.5 Å². The van der Waals surface area contributed by atoms with Crippen molar-refractivity contribution in [2.75, 3.05) is 14.2 Å². The number of hydrogen-bond donors (Lipinski definition) is 1. The van der Waals surface area contributed by atoms with Crippen molar-refractivity contribution in [3.05, 3.63) is 35.4 Å². The molecule has 2 aromatic carbocycles. The molecule has 3 nitrogen and oxygen atoms in total. The van der Waals surface area contributed by atoms with E-state index >= 15 is 0 Å². The number of aromatic amines is 1. The molecular weight excluding hydrogens is 238 g/mol. The van der Waals surface area contributed by atoms with E-state index in [9.17, 15) is 0 Å². The lowest BCUT2D eigenvalue weighted by atomic mass is 10.0. The predicted molar refractivity (Wildman–Crippen MR) is 78.4 cm³/mol. The van der Waals surface area contributed by atoms with Crippen LogP contribution in [0.25, 0.3) is 21.8 Å². The molecule has 0 aliphatic carbocycles. The monoisotopic (exact) mass is 255 g/mol. The Morgan fingerprint density at radius 2 is 1.68 bits per heavy atom. The average molecular weight is 255 g/mol. The molecule has 1 aromatic heterocycles. The van der Waals surface area contributed by atoms with Crippen LogP contribution in [0.3, 0.4) is 0 Å². The van der Waals surface area contributed by atoms with E-state index in [0.717, 1.165) is 22.5 Å². The minimum absolute atomic E-state index is 0.854. The van der Waals surface area contributed by atoms with E-state index in [1.807, 2.05) is 12.1 Å². The third-order valence-corrected chi connectivity index (χ3v) is 3.80. The van der Waals surface area contributed by atoms with E-state index in [0.29, 0.717) is 0 Å². The highest BCUT2D eigenvalue weighted by molar-refractivity contribution is 6.12. The van der Waals surface area contributed by atoms with Gasteiger partial charge in [-0.25, -0.2) is 0 Å². The molecule has 98 valence electrons. The molecule has 1 heterocycles. The molecular formula is C16H17NO2. The molecule has 0 aliphatic heterocycles. The highest BCUT2D eigenvalue weighted by Gasteiger charge is 2.15. The molecule has 3 heteroatoms. The molecule has 0 radical (unpaired) electrons. The highest BCUT2D eigenvalue weighted by atomic mass is 16.5. The standard InChI is InChI=1S/C16H17NO2/c1-9-8-13(19-4)16-14(10(9)2)11-6-5-7-12(18-3)15(11)17-16/h5-8,17H,1-4H3. The second-order valence-electron chi connectivity index (χ2n) is 4.78. The van der Waals surface area contributed by atoms with Gasteiger partial charge in [-0.3, -0.25) is 0 Å². The van der Waals surface area contributed by atoms with E-state index < -0.39 is 0 Å². The van der Waals surface area contributed by atoms with Crippen molar-refractivity contribution in [2.24, 2.45) is 0 Å². The minimum Gasteiger partial charge on any atom is -0.495 e. The lowest BCUT2D eigenvalue weighted by Crippen LogP contribution is -1.89. The Labute approximate surface area is 112 Å². The van der Waals surface area contributed by atoms with Crippen LogP contribution in [-0.4, -0.2) is 19.2 Å². The van der Waals surface area contributed by atoms with Gasteiger partial charge in [0.05, 0.1) is 25.3 Å². The first-order valence-corrected chi connectivity index (χ1v) is 6.30. The molecule has 0 amide bonds. The van der Waals surface area contributed by atoms with Crippen LogP contribution in [0.1, 0.15) is 11.1 Å². The van der Waals surface area contributed by atoms with Crippen LogP contribution in [-0.2, 0) is 0 Å². The third-order valence-electron chi connectivity index (χ3n) is 3.80. The second-order valence-corrected chi connectivity index (χ2v) is 4.78. The Hall–Kier alpha value is -2.16. The Bertz CT molecular complexity index is 771. The zero-order valence-corrected chi connectivity index (χ0v) is 11.6. The summed E-state index contributed by atoms with van der Waals surface area (Å²) in [7, 11) is 3.39. The highest BCUT2D eigenvalue weighted by Crippen LogP contribution is 2.38. The van der Waals surface area contributed by atoms with E-state index in [4.69, 9.17) is 9.47 Å². The number of rotatable bonds is 2. The van der Waals surface area contributed by atoms with E-state index in [2.05, 4.69) is 31.0 Å². The fraction of sp³-hybridized carbons (Fsp3) is 0.250. The molecule has 3 aromatic rings. The lowest BCUT2D eigenvalue weighted by Gasteiger charge is -2.07. The summed E-state index contributed by atoms with van der Waals surface area (Å²) in [5.74, 6) is 1.73. The summed E-state index contributed by atoms with van der Waals surface area (Å²) in [6.07, 6.45) is 0. The molecule has 3 rings (SSSR count). The summed E-state index contributed by atoms with van der Waals surface area (Å²) in [6, 6.07) is 8.16. The number of hydrogen-bond acceptors (Lipinski definition) is 2. The Balaban J connectivity index is 2.56. The van der Waals surface area contributed by atoms with Gasteiger partial charge >= 0.3 is 0 Å². The van der Waals surface area contributed by atoms with Crippen LogP contribution in [0.15, 0.2) is 24.3 Å². The van der Waals surface area contributed by atoms with Gasteiger partial charge < -0.3 is 14.5 Å². The van der Waals surface area contributed by atoms with Crippen molar-refractivity contribution in [1.82, 2.24) is 4.98 Å². The lowest BCUT2D eigenvalue weighted by molar-refractivity contribution is 0.417. The van der Waals surface area contributed by atoms with Crippen LogP contribution >= 0.6 is 0 Å². The van der Waals surface area contributed by atoms with Crippen molar-refractivity contribution in [1.29, 1.82) is 0 Å². The van der Waals surface area contributed by atoms with Gasteiger partial charge in [0.25, 0.3) is 0 Å². The molecule has 0 unspecified atom stereocenters. The van der Waals surface area contributed by atoms with Gasteiger partial charge in [-0.05, 0) is 37.1 Å². The number of nitrogens with one attached hydrogen (secondary N) is 1. The fourth-order valence-electron chi connectivity index (χ4n) is 2.67. The fourth-order valence-corrected chi connectivity index (χ4v) is 2.67. The molecule has 0 saturated heterocycles. The number of methoxy groups -OCH3 is 2. The van der Waals surface area contributed by atoms with Gasteiger partial charge in [0.2, 0.25) is 0 Å². The number of para-hydroxylation sites is 1. The average Bonchev–Trinajstić information content (AvgIpc) is 2.82. The van der Waals surface area contributed by atoms with E-state index in [1.54, 1.807) is 14.2 Å². The van der Waals surface area contributed by atoms with Crippen LogP contribution in [0.4, 0.5) is 0 Å². The Morgan fingerprint density at radius 1 is 0.947 bits per heavy atom. The summed E-state index contributed by atoms with van der Waals surface area (Å²) < 4.78 is 10.9. The summed E-state index contributed by atoms with van der Waals surface area (Å²) >= 11 is 0. The normalized spacial score (nSPS) is 11.2. The van der Waals surface area contributed by atoms with Gasteiger partial charge in [-0.15, -0.1) is 0 Å². The van der Waals surface area contributed by atoms with E-state index in [-0.39, 0.29) is 0 Å². The van der Waals surface area contributed by atoms with Crippen LogP contribution in [0.2, 0.25) is 0 Å². The SMILES string of the molecule is COc1cccc2c1[nH]c1c(OC)cc(C)c(C)c12. The summed E-state index contributed by atoms with van der Waals surface area (Å²) in [4.78, 5) is 3.44. The van der Waals surface area contributed by atoms with Gasteiger partial charge in [0.15, 0.2) is 0 Å². The molecule has 0 aliphatic rings. The number of aromatic nitrogens is 1. The molecule has 0 atom stereocenters. The predicted octanol–water partition coefficient (Wildman–Crippen LogP) is 3.96. The summed E-state index contributed by atoms with van der Waals surface area (Å²) in [5.41, 5.74) is 4.56. The summed E-state index contributed by atoms with van der Waals surface area (Å²) in [5, 5.41) is 2.39. The molecule has 0 bridgehead atoms. The molecule has 19 heavy (non-hydrogen) atoms. The van der Waals surface area contributed by atoms with Crippen molar-refractivity contribution < 1.29 is 9.47 Å². The molecule has 0 spiro atoms. The first-order valence-electron chi connectivity index (χ1n) is 6.30. The topological polar surface area (TPSA) is 34.2 Å². The molecule has 0 saturated carbocycles. The van der Waals surface area contributed by atoms with Gasteiger partial charge in [0, 0.05) is 10.8 Å². The van der Waals surface area contributed by atoms with Gasteiger partial charge in [0.1, 0.15) is 11.5 Å². The van der Waals surface area contributed by atoms with Crippen molar-refractivity contribution in [3.8, 4) is 11.5 Å². The summed E-state index contributed by atoms with van der Waals surface area (Å²) in [6.45, 7) is 4.25. The Kier molecular flexibility index (Phi) is 2.63. The quantitative estimate of drug-likeness (QED) is 0.752. The zero-order chi connectivity index (χ0) is 13.6. The number of H-pyrrole nitrogens is 1. The van der Waals surface area contributed by atoms with E-state index in [1.165, 1.54) is 21.9 Å².